The van der Waals surface area contributed by atoms with Gasteiger partial charge in [0.15, 0.2) is 9.84 Å². The number of carbonyl (C=O) groups is 1. The summed E-state index contributed by atoms with van der Waals surface area (Å²) in [6.07, 6.45) is 2.13. The van der Waals surface area contributed by atoms with Crippen molar-refractivity contribution >= 4 is 15.9 Å². The van der Waals surface area contributed by atoms with Crippen LogP contribution in [0.5, 0.6) is 0 Å². The molecule has 1 fully saturated rings. The predicted octanol–water partition coefficient (Wildman–Crippen LogP) is 0.391. The Labute approximate surface area is 96.4 Å². The second-order valence-electron chi connectivity index (χ2n) is 3.82. The molecule has 1 N–H and O–H groups in total. The summed E-state index contributed by atoms with van der Waals surface area (Å²) in [4.78, 5) is 13.3. The molecule has 5 nitrogen and oxygen atoms in total. The van der Waals surface area contributed by atoms with Crippen molar-refractivity contribution in [3.63, 3.8) is 0 Å². The predicted molar refractivity (Wildman–Crippen MR) is 63.0 cm³/mol. The number of hydrogen-bond donors (Lipinski definition) is 1. The first-order chi connectivity index (χ1) is 7.50. The van der Waals surface area contributed by atoms with E-state index < -0.39 is 9.84 Å². The fraction of sp³-hybridized carbons (Fsp3) is 0.700. The molecule has 1 heterocycles. The fourth-order valence-electron chi connectivity index (χ4n) is 1.85. The lowest BCUT2D eigenvalue weighted by Crippen LogP contribution is -2.46. The first-order valence-corrected chi connectivity index (χ1v) is 7.18. The monoisotopic (exact) mass is 246 g/mol. The molecule has 0 aromatic heterocycles. The Balaban J connectivity index is 2.61. The fourth-order valence-corrected chi connectivity index (χ4v) is 3.58. The molecule has 1 aliphatic rings. The van der Waals surface area contributed by atoms with Crippen molar-refractivity contribution in [1.29, 1.82) is 0 Å². The Kier molecular flexibility index (Phi) is 4.35. The van der Waals surface area contributed by atoms with Gasteiger partial charge in [0, 0.05) is 19.1 Å². The van der Waals surface area contributed by atoms with Crippen molar-refractivity contribution in [3.05, 3.63) is 12.7 Å². The Morgan fingerprint density at radius 2 is 2.31 bits per heavy atom. The van der Waals surface area contributed by atoms with Gasteiger partial charge >= 0.3 is 6.03 Å². The van der Waals surface area contributed by atoms with Crippen LogP contribution in [-0.2, 0) is 9.84 Å². The third kappa shape index (κ3) is 3.23. The van der Waals surface area contributed by atoms with Crippen molar-refractivity contribution in [1.82, 2.24) is 10.2 Å². The molecular formula is C10H18N2O3S. The van der Waals surface area contributed by atoms with Crippen LogP contribution in [0.1, 0.15) is 13.3 Å². The van der Waals surface area contributed by atoms with Crippen molar-refractivity contribution < 1.29 is 13.2 Å². The highest BCUT2D eigenvalue weighted by atomic mass is 32.2. The van der Waals surface area contributed by atoms with Gasteiger partial charge in [0.1, 0.15) is 0 Å². The molecular weight excluding hydrogens is 228 g/mol. The maximum Gasteiger partial charge on any atom is 0.317 e. The second kappa shape index (κ2) is 5.34. The summed E-state index contributed by atoms with van der Waals surface area (Å²) >= 11 is 0. The summed E-state index contributed by atoms with van der Waals surface area (Å²) in [6, 6.07) is -0.399. The zero-order chi connectivity index (χ0) is 12.2. The number of urea groups is 1. The molecule has 0 bridgehead atoms. The van der Waals surface area contributed by atoms with Crippen LogP contribution in [0.4, 0.5) is 4.79 Å². The van der Waals surface area contributed by atoms with E-state index in [4.69, 9.17) is 0 Å². The van der Waals surface area contributed by atoms with Crippen molar-refractivity contribution in [2.45, 2.75) is 19.4 Å². The van der Waals surface area contributed by atoms with E-state index in [-0.39, 0.29) is 23.6 Å². The van der Waals surface area contributed by atoms with Gasteiger partial charge < -0.3 is 10.2 Å². The maximum absolute atomic E-state index is 11.7. The van der Waals surface area contributed by atoms with Crippen molar-refractivity contribution in [3.8, 4) is 0 Å². The van der Waals surface area contributed by atoms with Gasteiger partial charge in [-0.1, -0.05) is 6.08 Å². The smallest absolute Gasteiger partial charge is 0.317 e. The molecule has 1 atom stereocenters. The maximum atomic E-state index is 11.7. The minimum absolute atomic E-state index is 0.0857. The first-order valence-electron chi connectivity index (χ1n) is 5.36. The van der Waals surface area contributed by atoms with Gasteiger partial charge in [-0.05, 0) is 13.3 Å². The summed E-state index contributed by atoms with van der Waals surface area (Å²) < 4.78 is 22.6. The van der Waals surface area contributed by atoms with E-state index in [0.717, 1.165) is 0 Å². The second-order valence-corrected chi connectivity index (χ2v) is 6.05. The number of sulfone groups is 1. The zero-order valence-corrected chi connectivity index (χ0v) is 10.3. The Morgan fingerprint density at radius 1 is 1.62 bits per heavy atom. The van der Waals surface area contributed by atoms with Gasteiger partial charge in [0.25, 0.3) is 0 Å². The lowest BCUT2D eigenvalue weighted by Gasteiger charge is -2.26. The normalized spacial score (nSPS) is 22.7. The van der Waals surface area contributed by atoms with Gasteiger partial charge in [0.05, 0.1) is 11.5 Å². The molecule has 0 radical (unpaired) electrons. The molecule has 6 heteroatoms. The van der Waals surface area contributed by atoms with Gasteiger partial charge in [-0.25, -0.2) is 13.2 Å². The number of amides is 2. The molecule has 0 aromatic carbocycles. The number of hydrogen-bond acceptors (Lipinski definition) is 3. The molecule has 0 spiro atoms. The SMILES string of the molecule is C=CCNC(=O)N(CC)C1CCS(=O)(=O)C1. The summed E-state index contributed by atoms with van der Waals surface area (Å²) in [5.74, 6) is 0.269. The lowest BCUT2D eigenvalue weighted by molar-refractivity contribution is 0.185. The van der Waals surface area contributed by atoms with Crippen molar-refractivity contribution in [2.24, 2.45) is 0 Å². The van der Waals surface area contributed by atoms with Gasteiger partial charge in [-0.3, -0.25) is 0 Å². The molecule has 1 unspecified atom stereocenters. The molecule has 16 heavy (non-hydrogen) atoms. The number of carbonyl (C=O) groups excluding carboxylic acids is 1. The zero-order valence-electron chi connectivity index (χ0n) is 9.48. The van der Waals surface area contributed by atoms with E-state index >= 15 is 0 Å². The molecule has 1 aliphatic heterocycles. The van der Waals surface area contributed by atoms with E-state index in [1.807, 2.05) is 6.92 Å². The molecule has 2 amide bonds. The molecule has 1 rings (SSSR count). The van der Waals surface area contributed by atoms with Crippen LogP contribution in [0.3, 0.4) is 0 Å². The highest BCUT2D eigenvalue weighted by Crippen LogP contribution is 2.17. The van der Waals surface area contributed by atoms with Crippen LogP contribution >= 0.6 is 0 Å². The van der Waals surface area contributed by atoms with Gasteiger partial charge in [-0.15, -0.1) is 6.58 Å². The third-order valence-corrected chi connectivity index (χ3v) is 4.40. The highest BCUT2D eigenvalue weighted by molar-refractivity contribution is 7.91. The molecule has 92 valence electrons. The molecule has 0 saturated carbocycles. The lowest BCUT2D eigenvalue weighted by atomic mass is 10.2. The van der Waals surface area contributed by atoms with Crippen LogP contribution in [0.15, 0.2) is 12.7 Å². The summed E-state index contributed by atoms with van der Waals surface area (Å²) in [5, 5.41) is 2.66. The molecule has 0 aliphatic carbocycles. The Bertz CT molecular complexity index is 364. The summed E-state index contributed by atoms with van der Waals surface area (Å²) in [5.41, 5.74) is 0. The topological polar surface area (TPSA) is 66.5 Å². The van der Waals surface area contributed by atoms with E-state index in [1.165, 1.54) is 0 Å². The minimum Gasteiger partial charge on any atom is -0.335 e. The average Bonchev–Trinajstić information content (AvgIpc) is 2.57. The first kappa shape index (κ1) is 13.0. The number of rotatable bonds is 4. The highest BCUT2D eigenvalue weighted by Gasteiger charge is 2.33. The Hall–Kier alpha value is -1.04. The molecule has 1 saturated heterocycles. The minimum atomic E-state index is -2.95. The van der Waals surface area contributed by atoms with E-state index in [2.05, 4.69) is 11.9 Å². The van der Waals surface area contributed by atoms with E-state index in [9.17, 15) is 13.2 Å². The largest absolute Gasteiger partial charge is 0.335 e. The number of nitrogens with zero attached hydrogens (tertiary/aromatic N) is 1. The van der Waals surface area contributed by atoms with Crippen LogP contribution < -0.4 is 5.32 Å². The van der Waals surface area contributed by atoms with Crippen molar-refractivity contribution in [2.75, 3.05) is 24.6 Å². The van der Waals surface area contributed by atoms with Gasteiger partial charge in [0.2, 0.25) is 0 Å². The van der Waals surface area contributed by atoms with Crippen LogP contribution in [0.2, 0.25) is 0 Å². The summed E-state index contributed by atoms with van der Waals surface area (Å²) in [7, 11) is -2.95. The molecule has 0 aromatic rings. The average molecular weight is 246 g/mol. The quantitative estimate of drug-likeness (QED) is 0.730. The summed E-state index contributed by atoms with van der Waals surface area (Å²) in [6.45, 7) is 6.27. The standard InChI is InChI=1S/C10H18N2O3S/c1-3-6-11-10(13)12(4-2)9-5-7-16(14,15)8-9/h3,9H,1,4-8H2,2H3,(H,11,13). The van der Waals surface area contributed by atoms with Crippen LogP contribution in [0, 0.1) is 0 Å². The Morgan fingerprint density at radius 3 is 2.75 bits per heavy atom. The third-order valence-electron chi connectivity index (χ3n) is 2.65. The van der Waals surface area contributed by atoms with E-state index in [0.29, 0.717) is 19.5 Å². The van der Waals surface area contributed by atoms with Gasteiger partial charge in [-0.2, -0.15) is 0 Å². The number of nitrogens with one attached hydrogen (secondary N) is 1. The van der Waals surface area contributed by atoms with E-state index in [1.54, 1.807) is 11.0 Å². The van der Waals surface area contributed by atoms with Crippen LogP contribution in [0.25, 0.3) is 0 Å². The van der Waals surface area contributed by atoms with Crippen LogP contribution in [-0.4, -0.2) is 50.0 Å².